The summed E-state index contributed by atoms with van der Waals surface area (Å²) in [5.74, 6) is 0.304. The van der Waals surface area contributed by atoms with Crippen LogP contribution in [0.4, 0.5) is 0 Å². The van der Waals surface area contributed by atoms with Crippen molar-refractivity contribution in [3.05, 3.63) is 35.9 Å². The molecule has 2 saturated heterocycles. The molecular weight excluding hydrogens is 324 g/mol. The number of hydrogen-bond donors (Lipinski definition) is 1. The summed E-state index contributed by atoms with van der Waals surface area (Å²) < 4.78 is 0. The van der Waals surface area contributed by atoms with E-state index < -0.39 is 0 Å². The molecule has 2 aliphatic heterocycles. The molecule has 2 heterocycles. The number of nitrogens with zero attached hydrogens (tertiary/aromatic N) is 3. The van der Waals surface area contributed by atoms with Gasteiger partial charge >= 0.3 is 0 Å². The SMILES string of the molecule is N#CCCN1CCCC(C(=O)NC2CCN(Cc3ccccc3)CC2)C1. The van der Waals surface area contributed by atoms with Crippen molar-refractivity contribution >= 4 is 5.91 Å². The lowest BCUT2D eigenvalue weighted by Crippen LogP contribution is -2.49. The Morgan fingerprint density at radius 2 is 1.88 bits per heavy atom. The molecule has 26 heavy (non-hydrogen) atoms. The van der Waals surface area contributed by atoms with Gasteiger partial charge in [0.25, 0.3) is 0 Å². The zero-order chi connectivity index (χ0) is 18.2. The van der Waals surface area contributed by atoms with Crippen LogP contribution in [0.3, 0.4) is 0 Å². The van der Waals surface area contributed by atoms with Crippen LogP contribution in [0, 0.1) is 17.2 Å². The van der Waals surface area contributed by atoms with E-state index in [0.29, 0.717) is 12.5 Å². The van der Waals surface area contributed by atoms with Crippen LogP contribution in [0.1, 0.15) is 37.7 Å². The van der Waals surface area contributed by atoms with Crippen molar-refractivity contribution in [2.75, 3.05) is 32.7 Å². The van der Waals surface area contributed by atoms with Crippen LogP contribution in [0.25, 0.3) is 0 Å². The molecule has 0 aliphatic carbocycles. The molecule has 0 spiro atoms. The van der Waals surface area contributed by atoms with Gasteiger partial charge in [0.2, 0.25) is 5.91 Å². The molecule has 0 aromatic heterocycles. The van der Waals surface area contributed by atoms with Crippen LogP contribution in [-0.4, -0.2) is 54.5 Å². The van der Waals surface area contributed by atoms with E-state index in [9.17, 15) is 4.79 Å². The monoisotopic (exact) mass is 354 g/mol. The van der Waals surface area contributed by atoms with Crippen molar-refractivity contribution in [2.45, 2.75) is 44.7 Å². The van der Waals surface area contributed by atoms with Gasteiger partial charge in [0.15, 0.2) is 0 Å². The first-order valence-corrected chi connectivity index (χ1v) is 9.90. The van der Waals surface area contributed by atoms with E-state index in [4.69, 9.17) is 5.26 Å². The summed E-state index contributed by atoms with van der Waals surface area (Å²) in [6.45, 7) is 5.69. The molecule has 2 aliphatic rings. The van der Waals surface area contributed by atoms with Gasteiger partial charge in [0.1, 0.15) is 0 Å². The highest BCUT2D eigenvalue weighted by Crippen LogP contribution is 2.19. The number of benzene rings is 1. The van der Waals surface area contributed by atoms with E-state index in [1.54, 1.807) is 0 Å². The number of likely N-dealkylation sites (tertiary alicyclic amines) is 2. The molecule has 1 atom stereocenters. The van der Waals surface area contributed by atoms with Gasteiger partial charge in [0, 0.05) is 45.2 Å². The van der Waals surface area contributed by atoms with E-state index in [0.717, 1.165) is 65.0 Å². The predicted molar refractivity (Wildman–Crippen MR) is 102 cm³/mol. The Morgan fingerprint density at radius 3 is 2.62 bits per heavy atom. The van der Waals surface area contributed by atoms with E-state index in [2.05, 4.69) is 51.5 Å². The number of carbonyl (C=O) groups is 1. The number of piperidine rings is 2. The van der Waals surface area contributed by atoms with Crippen LogP contribution < -0.4 is 5.32 Å². The highest BCUT2D eigenvalue weighted by molar-refractivity contribution is 5.79. The molecule has 5 heteroatoms. The van der Waals surface area contributed by atoms with E-state index >= 15 is 0 Å². The summed E-state index contributed by atoms with van der Waals surface area (Å²) in [5.41, 5.74) is 1.36. The molecule has 5 nitrogen and oxygen atoms in total. The van der Waals surface area contributed by atoms with Gasteiger partial charge in [-0.25, -0.2) is 0 Å². The summed E-state index contributed by atoms with van der Waals surface area (Å²) in [6.07, 6.45) is 4.64. The molecule has 1 N–H and O–H groups in total. The maximum absolute atomic E-state index is 12.6. The smallest absolute Gasteiger partial charge is 0.224 e. The molecule has 140 valence electrons. The molecule has 1 amide bonds. The Bertz CT molecular complexity index is 604. The quantitative estimate of drug-likeness (QED) is 0.852. The van der Waals surface area contributed by atoms with E-state index in [1.807, 2.05) is 0 Å². The zero-order valence-corrected chi connectivity index (χ0v) is 15.6. The molecule has 1 aromatic rings. The number of carbonyl (C=O) groups excluding carboxylic acids is 1. The molecule has 1 aromatic carbocycles. The van der Waals surface area contributed by atoms with Crippen molar-refractivity contribution in [1.82, 2.24) is 15.1 Å². The van der Waals surface area contributed by atoms with Gasteiger partial charge in [-0.1, -0.05) is 30.3 Å². The van der Waals surface area contributed by atoms with Gasteiger partial charge < -0.3 is 10.2 Å². The van der Waals surface area contributed by atoms with Crippen LogP contribution in [0.15, 0.2) is 30.3 Å². The van der Waals surface area contributed by atoms with Crippen molar-refractivity contribution in [1.29, 1.82) is 5.26 Å². The minimum atomic E-state index is 0.0878. The number of amides is 1. The minimum absolute atomic E-state index is 0.0878. The minimum Gasteiger partial charge on any atom is -0.353 e. The summed E-state index contributed by atoms with van der Waals surface area (Å²) in [7, 11) is 0. The maximum Gasteiger partial charge on any atom is 0.224 e. The molecule has 0 radical (unpaired) electrons. The first-order valence-electron chi connectivity index (χ1n) is 9.90. The first kappa shape index (κ1) is 18.9. The summed E-state index contributed by atoms with van der Waals surface area (Å²) >= 11 is 0. The summed E-state index contributed by atoms with van der Waals surface area (Å²) in [5, 5.41) is 12.0. The van der Waals surface area contributed by atoms with Crippen LogP contribution in [-0.2, 0) is 11.3 Å². The lowest BCUT2D eigenvalue weighted by Gasteiger charge is -2.35. The predicted octanol–water partition coefficient (Wildman–Crippen LogP) is 2.39. The second-order valence-electron chi connectivity index (χ2n) is 7.59. The number of rotatable bonds is 6. The fraction of sp³-hybridized carbons (Fsp3) is 0.619. The summed E-state index contributed by atoms with van der Waals surface area (Å²) in [4.78, 5) is 17.4. The van der Waals surface area contributed by atoms with Crippen LogP contribution >= 0.6 is 0 Å². The first-order chi connectivity index (χ1) is 12.7. The highest BCUT2D eigenvalue weighted by Gasteiger charge is 2.28. The van der Waals surface area contributed by atoms with Crippen molar-refractivity contribution < 1.29 is 4.79 Å². The van der Waals surface area contributed by atoms with Gasteiger partial charge in [-0.05, 0) is 37.8 Å². The second kappa shape index (κ2) is 9.70. The normalized spacial score (nSPS) is 22.7. The van der Waals surface area contributed by atoms with E-state index in [-0.39, 0.29) is 11.8 Å². The summed E-state index contributed by atoms with van der Waals surface area (Å²) in [6, 6.07) is 13.1. The average molecular weight is 354 g/mol. The fourth-order valence-corrected chi connectivity index (χ4v) is 4.08. The molecule has 1 unspecified atom stereocenters. The third kappa shape index (κ3) is 5.55. The molecule has 3 rings (SSSR count). The lowest BCUT2D eigenvalue weighted by molar-refractivity contribution is -0.127. The standard InChI is InChI=1S/C21H30N4O/c22-11-5-13-24-12-4-8-19(17-24)21(26)23-20-9-14-25(15-10-20)16-18-6-2-1-3-7-18/h1-3,6-7,19-20H,4-5,8-10,12-17H2,(H,23,26). The Labute approximate surface area is 157 Å². The Morgan fingerprint density at radius 1 is 1.12 bits per heavy atom. The molecule has 2 fully saturated rings. The Kier molecular flexibility index (Phi) is 7.04. The second-order valence-corrected chi connectivity index (χ2v) is 7.59. The van der Waals surface area contributed by atoms with Gasteiger partial charge in [-0.15, -0.1) is 0 Å². The Balaban J connectivity index is 1.40. The van der Waals surface area contributed by atoms with Crippen molar-refractivity contribution in [2.24, 2.45) is 5.92 Å². The maximum atomic E-state index is 12.6. The zero-order valence-electron chi connectivity index (χ0n) is 15.6. The average Bonchev–Trinajstić information content (AvgIpc) is 2.69. The third-order valence-electron chi connectivity index (χ3n) is 5.60. The largest absolute Gasteiger partial charge is 0.353 e. The topological polar surface area (TPSA) is 59.4 Å². The molecule has 0 saturated carbocycles. The third-order valence-corrected chi connectivity index (χ3v) is 5.60. The van der Waals surface area contributed by atoms with Crippen molar-refractivity contribution in [3.63, 3.8) is 0 Å². The number of nitriles is 1. The number of nitrogens with one attached hydrogen (secondary N) is 1. The number of hydrogen-bond acceptors (Lipinski definition) is 4. The fourth-order valence-electron chi connectivity index (χ4n) is 4.08. The van der Waals surface area contributed by atoms with Crippen LogP contribution in [0.5, 0.6) is 0 Å². The molecule has 0 bridgehead atoms. The highest BCUT2D eigenvalue weighted by atomic mass is 16.2. The van der Waals surface area contributed by atoms with Gasteiger partial charge in [0.05, 0.1) is 12.0 Å². The van der Waals surface area contributed by atoms with Crippen LogP contribution in [0.2, 0.25) is 0 Å². The van der Waals surface area contributed by atoms with Gasteiger partial charge in [-0.3, -0.25) is 9.69 Å². The Hall–Kier alpha value is -1.90. The lowest BCUT2D eigenvalue weighted by atomic mass is 9.95. The van der Waals surface area contributed by atoms with Crippen molar-refractivity contribution in [3.8, 4) is 6.07 Å². The van der Waals surface area contributed by atoms with E-state index in [1.165, 1.54) is 5.56 Å². The van der Waals surface area contributed by atoms with Gasteiger partial charge in [-0.2, -0.15) is 5.26 Å². The molecular formula is C21H30N4O.